The predicted molar refractivity (Wildman–Crippen MR) is 56.5 cm³/mol. The number of hydrogen-bond donors (Lipinski definition) is 1. The summed E-state index contributed by atoms with van der Waals surface area (Å²) in [5, 5.41) is 7.20. The number of amides is 1. The molecular formula is C11H15N3O2. The van der Waals surface area contributed by atoms with Crippen LogP contribution in [0.1, 0.15) is 25.0 Å². The summed E-state index contributed by atoms with van der Waals surface area (Å²) in [4.78, 5) is 13.8. The molecule has 1 saturated heterocycles. The van der Waals surface area contributed by atoms with Crippen LogP contribution in [0.25, 0.3) is 0 Å². The van der Waals surface area contributed by atoms with Crippen LogP contribution in [-0.2, 0) is 11.3 Å². The van der Waals surface area contributed by atoms with Gasteiger partial charge in [0, 0.05) is 18.7 Å². The molecule has 2 fully saturated rings. The molecule has 1 atom stereocenters. The maximum Gasteiger partial charge on any atom is 0.240 e. The molecule has 1 aliphatic carbocycles. The number of nitrogens with zero attached hydrogens (tertiary/aromatic N) is 2. The van der Waals surface area contributed by atoms with Gasteiger partial charge >= 0.3 is 0 Å². The third kappa shape index (κ3) is 1.95. The van der Waals surface area contributed by atoms with Gasteiger partial charge in [0.1, 0.15) is 12.0 Å². The van der Waals surface area contributed by atoms with Crippen LogP contribution < -0.4 is 5.32 Å². The van der Waals surface area contributed by atoms with E-state index in [4.69, 9.17) is 4.52 Å². The highest BCUT2D eigenvalue weighted by atomic mass is 16.5. The maximum atomic E-state index is 12.0. The monoisotopic (exact) mass is 221 g/mol. The zero-order chi connectivity index (χ0) is 11.0. The van der Waals surface area contributed by atoms with Crippen LogP contribution in [-0.4, -0.2) is 34.6 Å². The first kappa shape index (κ1) is 9.84. The molecule has 2 heterocycles. The molecule has 2 aliphatic rings. The van der Waals surface area contributed by atoms with Crippen molar-refractivity contribution in [2.75, 3.05) is 6.54 Å². The minimum atomic E-state index is 0.0272. The first-order valence-corrected chi connectivity index (χ1v) is 5.77. The Hall–Kier alpha value is -1.36. The molecule has 1 amide bonds. The second kappa shape index (κ2) is 3.90. The third-order valence-electron chi connectivity index (χ3n) is 3.16. The Labute approximate surface area is 93.8 Å². The van der Waals surface area contributed by atoms with Gasteiger partial charge in [-0.3, -0.25) is 4.79 Å². The van der Waals surface area contributed by atoms with Crippen LogP contribution in [0.4, 0.5) is 0 Å². The van der Waals surface area contributed by atoms with Gasteiger partial charge in [-0.05, 0) is 19.3 Å². The van der Waals surface area contributed by atoms with Gasteiger partial charge in [0.05, 0.1) is 12.6 Å². The second-order valence-electron chi connectivity index (χ2n) is 4.53. The van der Waals surface area contributed by atoms with E-state index in [1.807, 2.05) is 4.90 Å². The quantitative estimate of drug-likeness (QED) is 0.805. The fourth-order valence-corrected chi connectivity index (χ4v) is 2.10. The number of carbonyl (C=O) groups excluding carboxylic acids is 1. The highest BCUT2D eigenvalue weighted by molar-refractivity contribution is 5.84. The maximum absolute atomic E-state index is 12.0. The smallest absolute Gasteiger partial charge is 0.240 e. The van der Waals surface area contributed by atoms with E-state index < -0.39 is 0 Å². The lowest BCUT2D eigenvalue weighted by molar-refractivity contribution is -0.130. The molecule has 1 aromatic heterocycles. The summed E-state index contributed by atoms with van der Waals surface area (Å²) in [6, 6.07) is 2.41. The number of likely N-dealkylation sites (tertiary alicyclic amines) is 1. The molecule has 0 radical (unpaired) electrons. The number of rotatable bonds is 4. The molecule has 1 saturated carbocycles. The van der Waals surface area contributed by atoms with Crippen molar-refractivity contribution >= 4 is 5.91 Å². The van der Waals surface area contributed by atoms with Gasteiger partial charge in [0.25, 0.3) is 0 Å². The molecule has 1 N–H and O–H groups in total. The molecule has 1 aliphatic heterocycles. The molecule has 0 bridgehead atoms. The third-order valence-corrected chi connectivity index (χ3v) is 3.16. The number of hydrogen-bond acceptors (Lipinski definition) is 4. The summed E-state index contributed by atoms with van der Waals surface area (Å²) < 4.78 is 4.76. The van der Waals surface area contributed by atoms with E-state index in [1.165, 1.54) is 19.1 Å². The summed E-state index contributed by atoms with van der Waals surface area (Å²) in [6.07, 6.45) is 4.88. The van der Waals surface area contributed by atoms with Gasteiger partial charge in [-0.2, -0.15) is 0 Å². The lowest BCUT2D eigenvalue weighted by Crippen LogP contribution is -2.39. The first-order valence-electron chi connectivity index (χ1n) is 5.77. The van der Waals surface area contributed by atoms with Crippen LogP contribution in [0.5, 0.6) is 0 Å². The summed E-state index contributed by atoms with van der Waals surface area (Å²) in [6.45, 7) is 1.38. The second-order valence-corrected chi connectivity index (χ2v) is 4.53. The zero-order valence-electron chi connectivity index (χ0n) is 9.06. The normalized spacial score (nSPS) is 25.4. The van der Waals surface area contributed by atoms with Crippen molar-refractivity contribution in [2.24, 2.45) is 0 Å². The van der Waals surface area contributed by atoms with Crippen molar-refractivity contribution < 1.29 is 9.32 Å². The summed E-state index contributed by atoms with van der Waals surface area (Å²) in [7, 11) is 0. The Balaban J connectivity index is 1.58. The highest BCUT2D eigenvalue weighted by Crippen LogP contribution is 2.23. The SMILES string of the molecule is O=C1C(NC2CC2)CCN1Cc1ccon1. The molecule has 3 rings (SSSR count). The number of carbonyl (C=O) groups is 1. The van der Waals surface area contributed by atoms with Crippen LogP contribution in [0.3, 0.4) is 0 Å². The van der Waals surface area contributed by atoms with Crippen LogP contribution in [0, 0.1) is 0 Å². The van der Waals surface area contributed by atoms with Gasteiger partial charge < -0.3 is 14.7 Å². The predicted octanol–water partition coefficient (Wildman–Crippen LogP) is 0.527. The van der Waals surface area contributed by atoms with Crippen LogP contribution in [0.15, 0.2) is 16.9 Å². The van der Waals surface area contributed by atoms with Crippen LogP contribution in [0.2, 0.25) is 0 Å². The minimum absolute atomic E-state index is 0.0272. The van der Waals surface area contributed by atoms with E-state index in [1.54, 1.807) is 6.07 Å². The van der Waals surface area contributed by atoms with Gasteiger partial charge in [0.15, 0.2) is 0 Å². The van der Waals surface area contributed by atoms with Crippen LogP contribution >= 0.6 is 0 Å². The topological polar surface area (TPSA) is 58.4 Å². The van der Waals surface area contributed by atoms with Crippen molar-refractivity contribution in [3.05, 3.63) is 18.0 Å². The molecule has 0 aromatic carbocycles. The minimum Gasteiger partial charge on any atom is -0.364 e. The molecule has 5 heteroatoms. The van der Waals surface area contributed by atoms with Crippen molar-refractivity contribution in [2.45, 2.75) is 37.9 Å². The lowest BCUT2D eigenvalue weighted by atomic mass is 10.2. The average molecular weight is 221 g/mol. The number of nitrogens with one attached hydrogen (secondary N) is 1. The van der Waals surface area contributed by atoms with Crippen molar-refractivity contribution in [1.82, 2.24) is 15.4 Å². The molecule has 0 spiro atoms. The van der Waals surface area contributed by atoms with Gasteiger partial charge in [0.2, 0.25) is 5.91 Å². The molecule has 1 aromatic rings. The Morgan fingerprint density at radius 1 is 1.50 bits per heavy atom. The van der Waals surface area contributed by atoms with Gasteiger partial charge in [-0.25, -0.2) is 0 Å². The Morgan fingerprint density at radius 3 is 3.06 bits per heavy atom. The largest absolute Gasteiger partial charge is 0.364 e. The highest BCUT2D eigenvalue weighted by Gasteiger charge is 2.35. The average Bonchev–Trinajstić information content (AvgIpc) is 2.83. The van der Waals surface area contributed by atoms with Gasteiger partial charge in [-0.1, -0.05) is 5.16 Å². The Kier molecular flexibility index (Phi) is 2.40. The first-order chi connectivity index (χ1) is 7.83. The fourth-order valence-electron chi connectivity index (χ4n) is 2.10. The molecule has 86 valence electrons. The lowest BCUT2D eigenvalue weighted by Gasteiger charge is -2.15. The van der Waals surface area contributed by atoms with E-state index >= 15 is 0 Å². The molecule has 5 nitrogen and oxygen atoms in total. The number of aromatic nitrogens is 1. The Morgan fingerprint density at radius 2 is 2.38 bits per heavy atom. The standard InChI is InChI=1S/C11H15N3O2/c15-11-10(12-8-1-2-8)3-5-14(11)7-9-4-6-16-13-9/h4,6,8,10,12H,1-3,5,7H2. The van der Waals surface area contributed by atoms with Crippen molar-refractivity contribution in [3.8, 4) is 0 Å². The van der Waals surface area contributed by atoms with E-state index in [-0.39, 0.29) is 11.9 Å². The fraction of sp³-hybridized carbons (Fsp3) is 0.636. The van der Waals surface area contributed by atoms with Gasteiger partial charge in [-0.15, -0.1) is 0 Å². The van der Waals surface area contributed by atoms with E-state index in [0.29, 0.717) is 12.6 Å². The summed E-state index contributed by atoms with van der Waals surface area (Å²) in [5.41, 5.74) is 0.820. The summed E-state index contributed by atoms with van der Waals surface area (Å²) in [5.74, 6) is 0.204. The zero-order valence-corrected chi connectivity index (χ0v) is 9.06. The van der Waals surface area contributed by atoms with E-state index in [0.717, 1.165) is 18.7 Å². The van der Waals surface area contributed by atoms with E-state index in [2.05, 4.69) is 10.5 Å². The van der Waals surface area contributed by atoms with E-state index in [9.17, 15) is 4.79 Å². The summed E-state index contributed by atoms with van der Waals surface area (Å²) >= 11 is 0. The van der Waals surface area contributed by atoms with Crippen molar-refractivity contribution in [1.29, 1.82) is 0 Å². The molecule has 16 heavy (non-hydrogen) atoms. The molecule has 1 unspecified atom stereocenters. The van der Waals surface area contributed by atoms with Crippen molar-refractivity contribution in [3.63, 3.8) is 0 Å². The molecular weight excluding hydrogens is 206 g/mol. The Bertz CT molecular complexity index is 373.